The van der Waals surface area contributed by atoms with Gasteiger partial charge in [-0.15, -0.1) is 0 Å². The summed E-state index contributed by atoms with van der Waals surface area (Å²) >= 11 is 0. The Kier molecular flexibility index (Phi) is 3.07. The first kappa shape index (κ1) is 11.7. The van der Waals surface area contributed by atoms with Crippen molar-refractivity contribution in [3.63, 3.8) is 0 Å². The molecule has 0 aliphatic carbocycles. The summed E-state index contributed by atoms with van der Waals surface area (Å²) in [4.78, 5) is 13.5. The molecule has 0 aromatic carbocycles. The van der Waals surface area contributed by atoms with Gasteiger partial charge in [0.05, 0.1) is 0 Å². The lowest BCUT2D eigenvalue weighted by atomic mass is 9.99. The number of piperazine rings is 1. The lowest BCUT2D eigenvalue weighted by molar-refractivity contribution is 0.133. The van der Waals surface area contributed by atoms with Crippen LogP contribution in [0.3, 0.4) is 0 Å². The number of hydrogen-bond donors (Lipinski definition) is 1. The van der Waals surface area contributed by atoms with Crippen LogP contribution in [0.4, 0.5) is 11.8 Å². The van der Waals surface area contributed by atoms with Gasteiger partial charge in [-0.05, 0) is 26.3 Å². The van der Waals surface area contributed by atoms with Crippen LogP contribution in [-0.4, -0.2) is 47.1 Å². The highest BCUT2D eigenvalue weighted by molar-refractivity contribution is 5.48. The van der Waals surface area contributed by atoms with Gasteiger partial charge in [0.15, 0.2) is 0 Å². The Morgan fingerprint density at radius 3 is 3.06 bits per heavy atom. The van der Waals surface area contributed by atoms with Crippen molar-refractivity contribution in [2.75, 3.05) is 36.8 Å². The molecular weight excluding hydrogens is 226 g/mol. The minimum atomic E-state index is 0.377. The quantitative estimate of drug-likeness (QED) is 0.803. The minimum Gasteiger partial charge on any atom is -0.368 e. The lowest BCUT2D eigenvalue weighted by Gasteiger charge is -2.44. The smallest absolute Gasteiger partial charge is 0.221 e. The fraction of sp³-hybridized carbons (Fsp3) is 0.692. The summed E-state index contributed by atoms with van der Waals surface area (Å²) in [7, 11) is 0. The van der Waals surface area contributed by atoms with Gasteiger partial charge in [-0.2, -0.15) is 4.98 Å². The Morgan fingerprint density at radius 2 is 2.17 bits per heavy atom. The first-order valence-corrected chi connectivity index (χ1v) is 6.82. The molecule has 98 valence electrons. The summed E-state index contributed by atoms with van der Waals surface area (Å²) in [6.45, 7) is 6.60. The van der Waals surface area contributed by atoms with Gasteiger partial charge in [0, 0.05) is 37.4 Å². The molecule has 2 fully saturated rings. The highest BCUT2D eigenvalue weighted by atomic mass is 15.3. The molecule has 3 heterocycles. The van der Waals surface area contributed by atoms with Crippen molar-refractivity contribution in [1.82, 2.24) is 14.9 Å². The molecule has 1 aromatic heterocycles. The fourth-order valence-corrected chi connectivity index (χ4v) is 3.11. The maximum atomic E-state index is 5.71. The molecule has 1 aromatic rings. The Labute approximate surface area is 108 Å². The average Bonchev–Trinajstić information content (AvgIpc) is 2.41. The van der Waals surface area contributed by atoms with E-state index in [1.807, 2.05) is 6.20 Å². The number of aryl methyl sites for hydroxylation is 1. The van der Waals surface area contributed by atoms with E-state index in [2.05, 4.69) is 26.7 Å². The molecule has 2 saturated heterocycles. The van der Waals surface area contributed by atoms with Gasteiger partial charge in [0.2, 0.25) is 5.95 Å². The number of nitrogens with zero attached hydrogens (tertiary/aromatic N) is 4. The highest BCUT2D eigenvalue weighted by Crippen LogP contribution is 2.25. The second-order valence-electron chi connectivity index (χ2n) is 5.37. The number of rotatable bonds is 1. The van der Waals surface area contributed by atoms with Gasteiger partial charge in [-0.3, -0.25) is 4.90 Å². The van der Waals surface area contributed by atoms with Crippen LogP contribution in [0.2, 0.25) is 0 Å². The van der Waals surface area contributed by atoms with Crippen molar-refractivity contribution in [2.24, 2.45) is 0 Å². The van der Waals surface area contributed by atoms with Gasteiger partial charge >= 0.3 is 0 Å². The largest absolute Gasteiger partial charge is 0.368 e. The van der Waals surface area contributed by atoms with Crippen LogP contribution in [-0.2, 0) is 0 Å². The van der Waals surface area contributed by atoms with Crippen molar-refractivity contribution in [3.8, 4) is 0 Å². The SMILES string of the molecule is Cc1cnc(N)nc1N1CCN2CCCCC2C1. The zero-order chi connectivity index (χ0) is 12.5. The van der Waals surface area contributed by atoms with Crippen molar-refractivity contribution in [2.45, 2.75) is 32.2 Å². The molecular formula is C13H21N5. The Morgan fingerprint density at radius 1 is 1.28 bits per heavy atom. The molecule has 0 saturated carbocycles. The molecule has 1 atom stereocenters. The number of aromatic nitrogens is 2. The molecule has 2 N–H and O–H groups in total. The van der Waals surface area contributed by atoms with E-state index in [0.29, 0.717) is 12.0 Å². The third kappa shape index (κ3) is 2.14. The molecule has 2 aliphatic heterocycles. The van der Waals surface area contributed by atoms with Crippen LogP contribution in [0.1, 0.15) is 24.8 Å². The van der Waals surface area contributed by atoms with Crippen molar-refractivity contribution < 1.29 is 0 Å². The molecule has 0 spiro atoms. The van der Waals surface area contributed by atoms with E-state index in [0.717, 1.165) is 31.0 Å². The maximum Gasteiger partial charge on any atom is 0.221 e. The van der Waals surface area contributed by atoms with Gasteiger partial charge < -0.3 is 10.6 Å². The van der Waals surface area contributed by atoms with E-state index >= 15 is 0 Å². The van der Waals surface area contributed by atoms with Crippen LogP contribution in [0, 0.1) is 6.92 Å². The zero-order valence-corrected chi connectivity index (χ0v) is 11.0. The summed E-state index contributed by atoms with van der Waals surface area (Å²) in [5, 5.41) is 0. The first-order valence-electron chi connectivity index (χ1n) is 6.82. The molecule has 5 heteroatoms. The van der Waals surface area contributed by atoms with Crippen molar-refractivity contribution in [1.29, 1.82) is 0 Å². The molecule has 0 radical (unpaired) electrons. The number of piperidine rings is 1. The Balaban J connectivity index is 1.79. The van der Waals surface area contributed by atoms with Crippen molar-refractivity contribution >= 4 is 11.8 Å². The Bertz CT molecular complexity index is 433. The normalized spacial score (nSPS) is 24.9. The average molecular weight is 247 g/mol. The van der Waals surface area contributed by atoms with Crippen LogP contribution in [0.25, 0.3) is 0 Å². The number of nitrogen functional groups attached to an aromatic ring is 1. The van der Waals surface area contributed by atoms with Gasteiger partial charge in [-0.1, -0.05) is 6.42 Å². The fourth-order valence-electron chi connectivity index (χ4n) is 3.11. The van der Waals surface area contributed by atoms with E-state index in [1.54, 1.807) is 0 Å². The monoisotopic (exact) mass is 247 g/mol. The lowest BCUT2D eigenvalue weighted by Crippen LogP contribution is -2.55. The van der Waals surface area contributed by atoms with Crippen LogP contribution < -0.4 is 10.6 Å². The second-order valence-corrected chi connectivity index (χ2v) is 5.37. The van der Waals surface area contributed by atoms with Crippen molar-refractivity contribution in [3.05, 3.63) is 11.8 Å². The summed E-state index contributed by atoms with van der Waals surface area (Å²) in [5.74, 6) is 1.40. The molecule has 3 rings (SSSR count). The van der Waals surface area contributed by atoms with E-state index in [-0.39, 0.29) is 0 Å². The molecule has 0 amide bonds. The van der Waals surface area contributed by atoms with Crippen LogP contribution >= 0.6 is 0 Å². The van der Waals surface area contributed by atoms with Crippen LogP contribution in [0.15, 0.2) is 6.20 Å². The summed E-state index contributed by atoms with van der Waals surface area (Å²) < 4.78 is 0. The molecule has 2 aliphatic rings. The molecule has 5 nitrogen and oxygen atoms in total. The van der Waals surface area contributed by atoms with E-state index < -0.39 is 0 Å². The number of anilines is 2. The maximum absolute atomic E-state index is 5.71. The summed E-state index contributed by atoms with van der Waals surface area (Å²) in [6, 6.07) is 0.697. The zero-order valence-electron chi connectivity index (χ0n) is 11.0. The molecule has 1 unspecified atom stereocenters. The number of nitrogens with two attached hydrogens (primary N) is 1. The van der Waals surface area contributed by atoms with Gasteiger partial charge in [0.1, 0.15) is 5.82 Å². The number of fused-ring (bicyclic) bond motifs is 1. The van der Waals surface area contributed by atoms with E-state index in [1.165, 1.54) is 25.8 Å². The molecule has 0 bridgehead atoms. The highest BCUT2D eigenvalue weighted by Gasteiger charge is 2.29. The number of hydrogen-bond acceptors (Lipinski definition) is 5. The summed E-state index contributed by atoms with van der Waals surface area (Å²) in [5.41, 5.74) is 6.83. The van der Waals surface area contributed by atoms with Gasteiger partial charge in [-0.25, -0.2) is 4.98 Å². The second kappa shape index (κ2) is 4.72. The minimum absolute atomic E-state index is 0.377. The molecule has 18 heavy (non-hydrogen) atoms. The Hall–Kier alpha value is -1.36. The third-order valence-electron chi connectivity index (χ3n) is 4.10. The van der Waals surface area contributed by atoms with E-state index in [9.17, 15) is 0 Å². The standard InChI is InChI=1S/C13H21N5/c1-10-8-15-13(14)16-12(10)18-7-6-17-5-3-2-4-11(17)9-18/h8,11H,2-7,9H2,1H3,(H2,14,15,16). The predicted molar refractivity (Wildman–Crippen MR) is 72.6 cm³/mol. The topological polar surface area (TPSA) is 58.3 Å². The predicted octanol–water partition coefficient (Wildman–Crippen LogP) is 1.04. The summed E-state index contributed by atoms with van der Waals surface area (Å²) in [6.07, 6.45) is 5.86. The van der Waals surface area contributed by atoms with Gasteiger partial charge in [0.25, 0.3) is 0 Å². The van der Waals surface area contributed by atoms with Crippen LogP contribution in [0.5, 0.6) is 0 Å². The first-order chi connectivity index (χ1) is 8.74. The third-order valence-corrected chi connectivity index (χ3v) is 4.10. The van der Waals surface area contributed by atoms with E-state index in [4.69, 9.17) is 5.73 Å².